The van der Waals surface area contributed by atoms with Crippen LogP contribution in [0.1, 0.15) is 31.4 Å². The minimum Gasteiger partial charge on any atom is -0.365 e. The topological polar surface area (TPSA) is 15.3 Å². The first-order valence-electron chi connectivity index (χ1n) is 7.82. The van der Waals surface area contributed by atoms with Crippen molar-refractivity contribution in [3.05, 3.63) is 65.7 Å². The van der Waals surface area contributed by atoms with Crippen molar-refractivity contribution in [3.8, 4) is 0 Å². The van der Waals surface area contributed by atoms with E-state index in [9.17, 15) is 0 Å². The molecule has 0 radical (unpaired) electrons. The Hall–Kier alpha value is -1.80. The van der Waals surface area contributed by atoms with Crippen LogP contribution in [0.2, 0.25) is 0 Å². The van der Waals surface area contributed by atoms with Gasteiger partial charge in [-0.3, -0.25) is 0 Å². The van der Waals surface area contributed by atoms with Gasteiger partial charge in [-0.25, -0.2) is 0 Å². The van der Waals surface area contributed by atoms with Crippen molar-refractivity contribution < 1.29 is 0 Å². The zero-order valence-corrected chi connectivity index (χ0v) is 13.0. The van der Waals surface area contributed by atoms with Gasteiger partial charge in [0, 0.05) is 30.9 Å². The molecule has 2 heteroatoms. The van der Waals surface area contributed by atoms with Crippen LogP contribution in [0, 0.1) is 0 Å². The molecule has 0 saturated heterocycles. The molecule has 0 spiro atoms. The van der Waals surface area contributed by atoms with Gasteiger partial charge in [0.25, 0.3) is 0 Å². The molecule has 2 aromatic rings. The van der Waals surface area contributed by atoms with Crippen LogP contribution in [-0.4, -0.2) is 12.1 Å². The van der Waals surface area contributed by atoms with Crippen molar-refractivity contribution in [3.63, 3.8) is 0 Å². The van der Waals surface area contributed by atoms with Crippen molar-refractivity contribution >= 4 is 5.69 Å². The summed E-state index contributed by atoms with van der Waals surface area (Å²) in [6, 6.07) is 19.5. The van der Waals surface area contributed by atoms with E-state index in [1.165, 1.54) is 16.8 Å². The summed E-state index contributed by atoms with van der Waals surface area (Å²) >= 11 is 0. The van der Waals surface area contributed by atoms with Gasteiger partial charge in [-0.15, -0.1) is 0 Å². The van der Waals surface area contributed by atoms with Crippen LogP contribution in [0.15, 0.2) is 54.6 Å². The fourth-order valence-electron chi connectivity index (χ4n) is 3.02. The minimum absolute atomic E-state index is 0.161. The third-order valence-electron chi connectivity index (χ3n) is 4.57. The maximum Gasteiger partial charge on any atom is 0.0430 e. The predicted molar refractivity (Wildman–Crippen MR) is 89.5 cm³/mol. The highest BCUT2D eigenvalue weighted by molar-refractivity contribution is 5.55. The zero-order chi connectivity index (χ0) is 14.7. The predicted octanol–water partition coefficient (Wildman–Crippen LogP) is 3.97. The quantitative estimate of drug-likeness (QED) is 0.915. The van der Waals surface area contributed by atoms with E-state index in [0.29, 0.717) is 0 Å². The van der Waals surface area contributed by atoms with E-state index in [-0.39, 0.29) is 5.54 Å². The monoisotopic (exact) mass is 280 g/mol. The number of anilines is 1. The fraction of sp³-hybridized carbons (Fsp3) is 0.368. The van der Waals surface area contributed by atoms with E-state index < -0.39 is 0 Å². The van der Waals surface area contributed by atoms with Crippen LogP contribution >= 0.6 is 0 Å². The summed E-state index contributed by atoms with van der Waals surface area (Å²) in [5.41, 5.74) is 4.29. The first-order chi connectivity index (χ1) is 10.2. The number of para-hydroxylation sites is 1. The molecule has 0 bridgehead atoms. The summed E-state index contributed by atoms with van der Waals surface area (Å²) in [4.78, 5) is 2.52. The number of nitrogens with one attached hydrogen (secondary N) is 1. The Morgan fingerprint density at radius 1 is 1.05 bits per heavy atom. The maximum absolute atomic E-state index is 3.74. The largest absolute Gasteiger partial charge is 0.365 e. The first-order valence-corrected chi connectivity index (χ1v) is 7.82. The molecule has 1 aliphatic rings. The Bertz CT molecular complexity index is 594. The number of rotatable bonds is 3. The average Bonchev–Trinajstić information content (AvgIpc) is 2.67. The number of nitrogens with zero attached hydrogens (tertiary/aromatic N) is 1. The van der Waals surface area contributed by atoms with Gasteiger partial charge in [0.05, 0.1) is 0 Å². The highest BCUT2D eigenvalue weighted by Gasteiger charge is 2.29. The summed E-state index contributed by atoms with van der Waals surface area (Å²) in [7, 11) is 0. The summed E-state index contributed by atoms with van der Waals surface area (Å²) in [6.07, 6.45) is 1.13. The standard InChI is InChI=1S/C19H24N2/c1-3-19(2)15-21(14-16-9-5-4-6-10-16)18-12-8-7-11-17(18)13-20-19/h4-12,20H,3,13-15H2,1-2H3. The van der Waals surface area contributed by atoms with Crippen LogP contribution in [-0.2, 0) is 13.1 Å². The molecule has 1 atom stereocenters. The van der Waals surface area contributed by atoms with Gasteiger partial charge in [-0.1, -0.05) is 55.5 Å². The Kier molecular flexibility index (Phi) is 3.98. The number of hydrogen-bond donors (Lipinski definition) is 1. The second kappa shape index (κ2) is 5.90. The summed E-state index contributed by atoms with van der Waals surface area (Å²) in [6.45, 7) is 7.55. The Morgan fingerprint density at radius 2 is 1.76 bits per heavy atom. The molecule has 21 heavy (non-hydrogen) atoms. The van der Waals surface area contributed by atoms with Crippen LogP contribution < -0.4 is 10.2 Å². The van der Waals surface area contributed by atoms with Crippen LogP contribution in [0.4, 0.5) is 5.69 Å². The van der Waals surface area contributed by atoms with Crippen molar-refractivity contribution in [2.24, 2.45) is 0 Å². The summed E-state index contributed by atoms with van der Waals surface area (Å²) in [5.74, 6) is 0. The second-order valence-electron chi connectivity index (χ2n) is 6.24. The molecule has 110 valence electrons. The van der Waals surface area contributed by atoms with E-state index in [0.717, 1.165) is 26.1 Å². The fourth-order valence-corrected chi connectivity index (χ4v) is 3.02. The molecular formula is C19H24N2. The van der Waals surface area contributed by atoms with Gasteiger partial charge in [-0.2, -0.15) is 0 Å². The molecule has 0 aliphatic carbocycles. The first kappa shape index (κ1) is 14.2. The zero-order valence-electron chi connectivity index (χ0n) is 13.0. The Balaban J connectivity index is 1.94. The Labute approximate surface area is 127 Å². The van der Waals surface area contributed by atoms with E-state index in [1.807, 2.05) is 0 Å². The van der Waals surface area contributed by atoms with Crippen LogP contribution in [0.5, 0.6) is 0 Å². The van der Waals surface area contributed by atoms with Crippen molar-refractivity contribution in [2.75, 3.05) is 11.4 Å². The lowest BCUT2D eigenvalue weighted by Crippen LogP contribution is -2.48. The van der Waals surface area contributed by atoms with Crippen molar-refractivity contribution in [2.45, 2.75) is 38.9 Å². The minimum atomic E-state index is 0.161. The molecule has 2 nitrogen and oxygen atoms in total. The maximum atomic E-state index is 3.74. The van der Waals surface area contributed by atoms with E-state index in [4.69, 9.17) is 0 Å². The molecule has 1 N–H and O–H groups in total. The number of fused-ring (bicyclic) bond motifs is 1. The molecular weight excluding hydrogens is 256 g/mol. The molecule has 1 aliphatic heterocycles. The van der Waals surface area contributed by atoms with Crippen molar-refractivity contribution in [1.29, 1.82) is 0 Å². The lowest BCUT2D eigenvalue weighted by Gasteiger charge is -2.34. The van der Waals surface area contributed by atoms with E-state index >= 15 is 0 Å². The SMILES string of the molecule is CCC1(C)CN(Cc2ccccc2)c2ccccc2CN1. The highest BCUT2D eigenvalue weighted by atomic mass is 15.2. The molecule has 0 aromatic heterocycles. The van der Waals surface area contributed by atoms with Crippen LogP contribution in [0.3, 0.4) is 0 Å². The number of benzene rings is 2. The van der Waals surface area contributed by atoms with Gasteiger partial charge in [0.1, 0.15) is 0 Å². The highest BCUT2D eigenvalue weighted by Crippen LogP contribution is 2.29. The average molecular weight is 280 g/mol. The summed E-state index contributed by atoms with van der Waals surface area (Å²) in [5, 5.41) is 3.74. The van der Waals surface area contributed by atoms with Crippen molar-refractivity contribution in [1.82, 2.24) is 5.32 Å². The summed E-state index contributed by atoms with van der Waals surface area (Å²) < 4.78 is 0. The molecule has 1 unspecified atom stereocenters. The van der Waals surface area contributed by atoms with Gasteiger partial charge >= 0.3 is 0 Å². The molecule has 0 saturated carbocycles. The second-order valence-corrected chi connectivity index (χ2v) is 6.24. The lowest BCUT2D eigenvalue weighted by atomic mass is 9.98. The third-order valence-corrected chi connectivity index (χ3v) is 4.57. The molecule has 3 rings (SSSR count). The lowest BCUT2D eigenvalue weighted by molar-refractivity contribution is 0.349. The smallest absolute Gasteiger partial charge is 0.0430 e. The molecule has 1 heterocycles. The molecule has 2 aromatic carbocycles. The van der Waals surface area contributed by atoms with Gasteiger partial charge < -0.3 is 10.2 Å². The molecule has 0 amide bonds. The Morgan fingerprint density at radius 3 is 2.52 bits per heavy atom. The van der Waals surface area contributed by atoms with E-state index in [2.05, 4.69) is 78.7 Å². The van der Waals surface area contributed by atoms with Gasteiger partial charge in [-0.05, 0) is 30.5 Å². The van der Waals surface area contributed by atoms with Crippen LogP contribution in [0.25, 0.3) is 0 Å². The number of hydrogen-bond acceptors (Lipinski definition) is 2. The molecule has 0 fully saturated rings. The van der Waals surface area contributed by atoms with Gasteiger partial charge in [0.15, 0.2) is 0 Å². The van der Waals surface area contributed by atoms with Gasteiger partial charge in [0.2, 0.25) is 0 Å². The third kappa shape index (κ3) is 3.11. The normalized spacial score (nSPS) is 21.7. The van der Waals surface area contributed by atoms with E-state index in [1.54, 1.807) is 0 Å².